The molecule has 0 unspecified atom stereocenters. The molecule has 0 aliphatic carbocycles. The molecule has 2 N–H and O–H groups in total. The van der Waals surface area contributed by atoms with Gasteiger partial charge >= 0.3 is 0 Å². The summed E-state index contributed by atoms with van der Waals surface area (Å²) in [6.45, 7) is 0. The highest BCUT2D eigenvalue weighted by Crippen LogP contribution is 2.10. The van der Waals surface area contributed by atoms with Crippen molar-refractivity contribution in [2.24, 2.45) is 0 Å². The Labute approximate surface area is 91.1 Å². The molecule has 15 heavy (non-hydrogen) atoms. The van der Waals surface area contributed by atoms with E-state index in [2.05, 4.69) is 15.6 Å². The smallest absolute Gasteiger partial charge is 0.274 e. The highest BCUT2D eigenvalue weighted by Gasteiger charge is 2.02. The van der Waals surface area contributed by atoms with Crippen LogP contribution in [0, 0.1) is 10.1 Å². The van der Waals surface area contributed by atoms with Gasteiger partial charge in [-0.1, -0.05) is 17.7 Å². The van der Waals surface area contributed by atoms with Crippen molar-refractivity contribution in [3.63, 3.8) is 0 Å². The second kappa shape index (κ2) is 5.16. The Hall–Kier alpha value is -1.82. The summed E-state index contributed by atoms with van der Waals surface area (Å²) in [5, 5.41) is 15.9. The van der Waals surface area contributed by atoms with E-state index in [1.807, 2.05) is 0 Å². The van der Waals surface area contributed by atoms with Crippen molar-refractivity contribution in [1.82, 2.24) is 10.3 Å². The summed E-state index contributed by atoms with van der Waals surface area (Å²) >= 11 is 5.65. The maximum absolute atomic E-state index is 10.2. The van der Waals surface area contributed by atoms with Crippen LogP contribution in [0.3, 0.4) is 0 Å². The third kappa shape index (κ3) is 3.82. The predicted octanol–water partition coefficient (Wildman–Crippen LogP) is 1.44. The third-order valence-corrected chi connectivity index (χ3v) is 1.69. The van der Waals surface area contributed by atoms with Crippen LogP contribution in [-0.4, -0.2) is 17.0 Å². The van der Waals surface area contributed by atoms with Crippen molar-refractivity contribution in [1.29, 1.82) is 0 Å². The maximum atomic E-state index is 10.2. The molecule has 0 saturated carbocycles. The van der Waals surface area contributed by atoms with Crippen molar-refractivity contribution in [2.75, 3.05) is 12.4 Å². The zero-order chi connectivity index (χ0) is 11.3. The molecule has 0 bridgehead atoms. The van der Waals surface area contributed by atoms with Crippen LogP contribution >= 0.6 is 11.6 Å². The first-order valence-electron chi connectivity index (χ1n) is 4.04. The quantitative estimate of drug-likeness (QED) is 0.463. The van der Waals surface area contributed by atoms with E-state index in [9.17, 15) is 10.1 Å². The lowest BCUT2D eigenvalue weighted by Crippen LogP contribution is -2.16. The summed E-state index contributed by atoms with van der Waals surface area (Å²) in [7, 11) is 1.56. The van der Waals surface area contributed by atoms with Crippen LogP contribution in [0.15, 0.2) is 30.2 Å². The molecule has 0 spiro atoms. The molecular weight excluding hydrogens is 220 g/mol. The van der Waals surface area contributed by atoms with Gasteiger partial charge in [-0.05, 0) is 12.1 Å². The maximum Gasteiger partial charge on any atom is 0.274 e. The van der Waals surface area contributed by atoms with Crippen LogP contribution in [-0.2, 0) is 0 Å². The van der Waals surface area contributed by atoms with Gasteiger partial charge in [-0.3, -0.25) is 10.1 Å². The van der Waals surface area contributed by atoms with Crippen LogP contribution in [0.5, 0.6) is 0 Å². The molecule has 0 amide bonds. The van der Waals surface area contributed by atoms with E-state index < -0.39 is 4.92 Å². The van der Waals surface area contributed by atoms with Gasteiger partial charge < -0.3 is 10.6 Å². The van der Waals surface area contributed by atoms with Crippen molar-refractivity contribution in [2.45, 2.75) is 0 Å². The number of halogens is 1. The number of anilines is 1. The van der Waals surface area contributed by atoms with E-state index in [4.69, 9.17) is 11.6 Å². The highest BCUT2D eigenvalue weighted by atomic mass is 35.5. The molecule has 0 saturated heterocycles. The molecule has 0 fully saturated rings. The second-order valence-electron chi connectivity index (χ2n) is 2.55. The molecule has 80 valence electrons. The lowest BCUT2D eigenvalue weighted by atomic mass is 10.4. The Kier molecular flexibility index (Phi) is 3.87. The Morgan fingerprint density at radius 3 is 2.93 bits per heavy atom. The van der Waals surface area contributed by atoms with Gasteiger partial charge in [-0.2, -0.15) is 0 Å². The van der Waals surface area contributed by atoms with Crippen LogP contribution in [0.1, 0.15) is 0 Å². The molecule has 0 aliphatic rings. The molecule has 0 aliphatic heterocycles. The first kappa shape index (κ1) is 11.3. The number of nitrogens with zero attached hydrogens (tertiary/aromatic N) is 2. The Morgan fingerprint density at radius 2 is 2.40 bits per heavy atom. The van der Waals surface area contributed by atoms with Gasteiger partial charge in [0.05, 0.1) is 4.92 Å². The van der Waals surface area contributed by atoms with Gasteiger partial charge in [0, 0.05) is 7.05 Å². The van der Waals surface area contributed by atoms with E-state index in [1.54, 1.807) is 25.2 Å². The average Bonchev–Trinajstić information content (AvgIpc) is 2.16. The summed E-state index contributed by atoms with van der Waals surface area (Å²) in [5.41, 5.74) is 0. The molecule has 0 aromatic carbocycles. The van der Waals surface area contributed by atoms with Gasteiger partial charge in [0.1, 0.15) is 11.0 Å². The Morgan fingerprint density at radius 1 is 1.67 bits per heavy atom. The van der Waals surface area contributed by atoms with Crippen LogP contribution in [0.4, 0.5) is 5.82 Å². The number of pyridine rings is 1. The zero-order valence-corrected chi connectivity index (χ0v) is 8.65. The minimum absolute atomic E-state index is 0.231. The molecule has 0 atom stereocenters. The minimum atomic E-state index is -0.566. The number of nitro groups is 1. The Balaban J connectivity index is 2.80. The lowest BCUT2D eigenvalue weighted by molar-refractivity contribution is -0.403. The molecule has 1 aromatic rings. The number of hydrogen-bond acceptors (Lipinski definition) is 5. The highest BCUT2D eigenvalue weighted by molar-refractivity contribution is 6.29. The molecule has 0 radical (unpaired) electrons. The van der Waals surface area contributed by atoms with Gasteiger partial charge in [0.25, 0.3) is 6.20 Å². The van der Waals surface area contributed by atoms with Crippen LogP contribution < -0.4 is 10.6 Å². The van der Waals surface area contributed by atoms with Crippen molar-refractivity contribution in [3.05, 3.63) is 45.5 Å². The fourth-order valence-corrected chi connectivity index (χ4v) is 1.04. The average molecular weight is 229 g/mol. The largest absolute Gasteiger partial charge is 0.370 e. The van der Waals surface area contributed by atoms with Crippen molar-refractivity contribution >= 4 is 17.4 Å². The molecule has 1 rings (SSSR count). The van der Waals surface area contributed by atoms with E-state index in [0.29, 0.717) is 11.0 Å². The van der Waals surface area contributed by atoms with Gasteiger partial charge in [-0.15, -0.1) is 0 Å². The Bertz CT molecular complexity index is 394. The summed E-state index contributed by atoms with van der Waals surface area (Å²) in [6, 6.07) is 4.96. The van der Waals surface area contributed by atoms with Crippen LogP contribution in [0.25, 0.3) is 0 Å². The number of rotatable bonds is 4. The number of nitrogens with one attached hydrogen (secondary N) is 2. The fourth-order valence-electron chi connectivity index (χ4n) is 0.881. The van der Waals surface area contributed by atoms with Crippen molar-refractivity contribution in [3.8, 4) is 0 Å². The normalized spacial score (nSPS) is 10.9. The van der Waals surface area contributed by atoms with Gasteiger partial charge in [0.15, 0.2) is 5.82 Å². The van der Waals surface area contributed by atoms with E-state index >= 15 is 0 Å². The first-order valence-corrected chi connectivity index (χ1v) is 4.42. The van der Waals surface area contributed by atoms with Gasteiger partial charge in [-0.25, -0.2) is 4.98 Å². The topological polar surface area (TPSA) is 80.1 Å². The van der Waals surface area contributed by atoms with Crippen molar-refractivity contribution < 1.29 is 4.92 Å². The summed E-state index contributed by atoms with van der Waals surface area (Å²) in [6.07, 6.45) is 0.808. The summed E-state index contributed by atoms with van der Waals surface area (Å²) in [5.74, 6) is 0.666. The number of aromatic nitrogens is 1. The third-order valence-electron chi connectivity index (χ3n) is 1.48. The minimum Gasteiger partial charge on any atom is -0.370 e. The second-order valence-corrected chi connectivity index (χ2v) is 2.94. The molecule has 1 heterocycles. The lowest BCUT2D eigenvalue weighted by Gasteiger charge is -2.06. The van der Waals surface area contributed by atoms with Crippen LogP contribution in [0.2, 0.25) is 5.15 Å². The first-order chi connectivity index (χ1) is 7.11. The van der Waals surface area contributed by atoms with Gasteiger partial charge in [0.2, 0.25) is 0 Å². The molecular formula is C8H9ClN4O2. The fraction of sp³-hybridized carbons (Fsp3) is 0.125. The summed E-state index contributed by atoms with van der Waals surface area (Å²) in [4.78, 5) is 13.6. The zero-order valence-electron chi connectivity index (χ0n) is 7.90. The number of hydrogen-bond donors (Lipinski definition) is 2. The predicted molar refractivity (Wildman–Crippen MR) is 57.0 cm³/mol. The molecule has 1 aromatic heterocycles. The SMILES string of the molecule is CNC(=C[N+](=O)[O-])Nc1cccc(Cl)n1. The standard InChI is InChI=1S/C8H9ClN4O2/c1-10-8(5-13(14)15)12-7-4-2-3-6(9)11-7/h2-5,10H,1H3,(H,11,12). The van der Waals surface area contributed by atoms with E-state index in [1.165, 1.54) is 0 Å². The monoisotopic (exact) mass is 228 g/mol. The van der Waals surface area contributed by atoms with E-state index in [-0.39, 0.29) is 5.82 Å². The molecule has 6 nitrogen and oxygen atoms in total. The van der Waals surface area contributed by atoms with E-state index in [0.717, 1.165) is 6.20 Å². The summed E-state index contributed by atoms with van der Waals surface area (Å²) < 4.78 is 0. The molecule has 7 heteroatoms.